The minimum absolute atomic E-state index is 0.180. The second-order valence-electron chi connectivity index (χ2n) is 3.87. The lowest BCUT2D eigenvalue weighted by atomic mass is 10.0. The predicted octanol–water partition coefficient (Wildman–Crippen LogP) is 2.45. The number of carbonyl (C=O) groups excluding carboxylic acids is 2. The van der Waals surface area contributed by atoms with E-state index in [0.29, 0.717) is 12.4 Å². The molecule has 1 aromatic rings. The molecule has 0 spiro atoms. The van der Waals surface area contributed by atoms with E-state index < -0.39 is 11.8 Å². The molecule has 4 heteroatoms. The Morgan fingerprint density at radius 3 is 2.33 bits per heavy atom. The van der Waals surface area contributed by atoms with Gasteiger partial charge in [-0.1, -0.05) is 6.07 Å². The molecule has 0 N–H and O–H groups in total. The predicted molar refractivity (Wildman–Crippen MR) is 68.0 cm³/mol. The summed E-state index contributed by atoms with van der Waals surface area (Å²) in [5.41, 5.74) is 2.14. The van der Waals surface area contributed by atoms with Gasteiger partial charge in [-0.15, -0.1) is 0 Å². The molecule has 0 aliphatic rings. The summed E-state index contributed by atoms with van der Waals surface area (Å²) in [7, 11) is 0. The molecule has 4 nitrogen and oxygen atoms in total. The summed E-state index contributed by atoms with van der Waals surface area (Å²) in [4.78, 5) is 23.4. The normalized spacial score (nSPS) is 10.0. The lowest BCUT2D eigenvalue weighted by molar-refractivity contribution is -0.137. The number of hydrogen-bond donors (Lipinski definition) is 0. The molecule has 0 amide bonds. The van der Waals surface area contributed by atoms with E-state index in [9.17, 15) is 9.59 Å². The van der Waals surface area contributed by atoms with Gasteiger partial charge < -0.3 is 9.47 Å². The summed E-state index contributed by atoms with van der Waals surface area (Å²) in [6.45, 7) is 7.90. The molecule has 0 fully saturated rings. The maximum atomic E-state index is 11.9. The van der Waals surface area contributed by atoms with Gasteiger partial charge in [-0.2, -0.15) is 0 Å². The summed E-state index contributed by atoms with van der Waals surface area (Å²) < 4.78 is 10.2. The molecule has 0 bridgehead atoms. The number of Topliss-reactive ketones (excluding diaryl/α,β-unsaturated/α-hetero) is 1. The standard InChI is InChI=1S/C14H18O4/c1-5-17-13-10(4)9(3)7-8-11(13)12(15)14(16)18-6-2/h7-8H,5-6H2,1-4H3. The molecular formula is C14H18O4. The van der Waals surface area contributed by atoms with E-state index >= 15 is 0 Å². The first-order valence-electron chi connectivity index (χ1n) is 5.97. The number of hydrogen-bond acceptors (Lipinski definition) is 4. The maximum absolute atomic E-state index is 11.9. The Morgan fingerprint density at radius 2 is 1.78 bits per heavy atom. The monoisotopic (exact) mass is 250 g/mol. The highest BCUT2D eigenvalue weighted by molar-refractivity contribution is 6.41. The van der Waals surface area contributed by atoms with Crippen LogP contribution in [-0.4, -0.2) is 25.0 Å². The Morgan fingerprint density at radius 1 is 1.11 bits per heavy atom. The zero-order valence-electron chi connectivity index (χ0n) is 11.2. The van der Waals surface area contributed by atoms with Gasteiger partial charge >= 0.3 is 5.97 Å². The van der Waals surface area contributed by atoms with Gasteiger partial charge in [0.1, 0.15) is 5.75 Å². The van der Waals surface area contributed by atoms with Crippen molar-refractivity contribution >= 4 is 11.8 Å². The molecule has 0 heterocycles. The summed E-state index contributed by atoms with van der Waals surface area (Å²) in [5.74, 6) is -1.04. The fraction of sp³-hybridized carbons (Fsp3) is 0.429. The zero-order valence-corrected chi connectivity index (χ0v) is 11.2. The molecule has 0 radical (unpaired) electrons. The smallest absolute Gasteiger partial charge is 0.379 e. The summed E-state index contributed by atoms with van der Waals surface area (Å²) >= 11 is 0. The van der Waals surface area contributed by atoms with E-state index in [1.807, 2.05) is 20.8 Å². The fourth-order valence-corrected chi connectivity index (χ4v) is 1.61. The highest BCUT2D eigenvalue weighted by atomic mass is 16.5. The molecule has 0 aliphatic heterocycles. The van der Waals surface area contributed by atoms with Crippen molar-refractivity contribution in [1.29, 1.82) is 0 Å². The van der Waals surface area contributed by atoms with E-state index in [0.717, 1.165) is 11.1 Å². The first kappa shape index (κ1) is 14.2. The van der Waals surface area contributed by atoms with Crippen molar-refractivity contribution in [3.63, 3.8) is 0 Å². The average Bonchev–Trinajstić information content (AvgIpc) is 2.35. The van der Waals surface area contributed by atoms with Gasteiger partial charge in [-0.05, 0) is 44.9 Å². The van der Waals surface area contributed by atoms with Crippen LogP contribution in [0.25, 0.3) is 0 Å². The number of esters is 1. The van der Waals surface area contributed by atoms with Gasteiger partial charge in [-0.25, -0.2) is 4.79 Å². The fourth-order valence-electron chi connectivity index (χ4n) is 1.61. The van der Waals surface area contributed by atoms with Crippen molar-refractivity contribution in [3.05, 3.63) is 28.8 Å². The third-order valence-corrected chi connectivity index (χ3v) is 2.67. The Hall–Kier alpha value is -1.84. The van der Waals surface area contributed by atoms with E-state index in [-0.39, 0.29) is 12.2 Å². The average molecular weight is 250 g/mol. The van der Waals surface area contributed by atoms with Crippen LogP contribution >= 0.6 is 0 Å². The number of ether oxygens (including phenoxy) is 2. The topological polar surface area (TPSA) is 52.6 Å². The van der Waals surface area contributed by atoms with Crippen LogP contribution in [-0.2, 0) is 9.53 Å². The van der Waals surface area contributed by atoms with Crippen LogP contribution in [0.4, 0.5) is 0 Å². The van der Waals surface area contributed by atoms with E-state index in [1.165, 1.54) is 0 Å². The molecule has 98 valence electrons. The quantitative estimate of drug-likeness (QED) is 0.457. The van der Waals surface area contributed by atoms with Gasteiger partial charge in [0.15, 0.2) is 0 Å². The molecule has 0 unspecified atom stereocenters. The maximum Gasteiger partial charge on any atom is 0.379 e. The molecule has 18 heavy (non-hydrogen) atoms. The van der Waals surface area contributed by atoms with Crippen LogP contribution in [0, 0.1) is 13.8 Å². The van der Waals surface area contributed by atoms with Gasteiger partial charge in [0.2, 0.25) is 0 Å². The third kappa shape index (κ3) is 2.88. The molecule has 0 saturated heterocycles. The number of rotatable bonds is 5. The largest absolute Gasteiger partial charge is 0.493 e. The van der Waals surface area contributed by atoms with Crippen LogP contribution in [0.3, 0.4) is 0 Å². The summed E-state index contributed by atoms with van der Waals surface area (Å²) in [5, 5.41) is 0. The minimum Gasteiger partial charge on any atom is -0.493 e. The van der Waals surface area contributed by atoms with Gasteiger partial charge in [-0.3, -0.25) is 4.79 Å². The summed E-state index contributed by atoms with van der Waals surface area (Å²) in [6, 6.07) is 3.40. The highest BCUT2D eigenvalue weighted by Crippen LogP contribution is 2.27. The van der Waals surface area contributed by atoms with Crippen LogP contribution in [0.1, 0.15) is 35.3 Å². The van der Waals surface area contributed by atoms with Crippen molar-refractivity contribution in [2.75, 3.05) is 13.2 Å². The van der Waals surface area contributed by atoms with E-state index in [2.05, 4.69) is 0 Å². The Bertz CT molecular complexity index is 463. The van der Waals surface area contributed by atoms with Gasteiger partial charge in [0.25, 0.3) is 5.78 Å². The van der Waals surface area contributed by atoms with Crippen LogP contribution in [0.2, 0.25) is 0 Å². The van der Waals surface area contributed by atoms with Crippen molar-refractivity contribution in [2.24, 2.45) is 0 Å². The SMILES string of the molecule is CCOC(=O)C(=O)c1ccc(C)c(C)c1OCC. The first-order chi connectivity index (χ1) is 8.52. The third-order valence-electron chi connectivity index (χ3n) is 2.67. The van der Waals surface area contributed by atoms with Gasteiger partial charge in [0, 0.05) is 0 Å². The molecule has 1 aromatic carbocycles. The molecule has 0 saturated carbocycles. The molecule has 0 atom stereocenters. The Balaban J connectivity index is 3.19. The van der Waals surface area contributed by atoms with Crippen molar-refractivity contribution < 1.29 is 19.1 Å². The van der Waals surface area contributed by atoms with Crippen LogP contribution < -0.4 is 4.74 Å². The van der Waals surface area contributed by atoms with Crippen molar-refractivity contribution in [3.8, 4) is 5.75 Å². The Labute approximate surface area is 107 Å². The number of benzene rings is 1. The zero-order chi connectivity index (χ0) is 13.7. The number of carbonyl (C=O) groups is 2. The van der Waals surface area contributed by atoms with Crippen LogP contribution in [0.5, 0.6) is 5.75 Å². The van der Waals surface area contributed by atoms with Crippen LogP contribution in [0.15, 0.2) is 12.1 Å². The summed E-state index contributed by atoms with van der Waals surface area (Å²) in [6.07, 6.45) is 0. The van der Waals surface area contributed by atoms with Crippen molar-refractivity contribution in [1.82, 2.24) is 0 Å². The van der Waals surface area contributed by atoms with E-state index in [1.54, 1.807) is 19.1 Å². The Kier molecular flexibility index (Phi) is 4.89. The highest BCUT2D eigenvalue weighted by Gasteiger charge is 2.23. The minimum atomic E-state index is -0.846. The number of ketones is 1. The molecular weight excluding hydrogens is 232 g/mol. The lowest BCUT2D eigenvalue weighted by Gasteiger charge is -2.13. The lowest BCUT2D eigenvalue weighted by Crippen LogP contribution is -2.19. The molecule has 0 aliphatic carbocycles. The number of aryl methyl sites for hydroxylation is 1. The second kappa shape index (κ2) is 6.19. The molecule has 1 rings (SSSR count). The van der Waals surface area contributed by atoms with Gasteiger partial charge in [0.05, 0.1) is 18.8 Å². The van der Waals surface area contributed by atoms with Crippen molar-refractivity contribution in [2.45, 2.75) is 27.7 Å². The second-order valence-corrected chi connectivity index (χ2v) is 3.87. The molecule has 0 aromatic heterocycles. The van der Waals surface area contributed by atoms with E-state index in [4.69, 9.17) is 9.47 Å². The first-order valence-corrected chi connectivity index (χ1v) is 5.97.